The molecule has 2 aliphatic rings. The van der Waals surface area contributed by atoms with Crippen molar-refractivity contribution in [1.82, 2.24) is 5.32 Å². The first-order chi connectivity index (χ1) is 10.2. The molecule has 0 aromatic heterocycles. The molecule has 1 aromatic carbocycles. The van der Waals surface area contributed by atoms with E-state index in [0.29, 0.717) is 12.6 Å². The van der Waals surface area contributed by atoms with E-state index in [2.05, 4.69) is 21.2 Å². The van der Waals surface area contributed by atoms with Crippen molar-refractivity contribution in [2.45, 2.75) is 43.9 Å². The van der Waals surface area contributed by atoms with Gasteiger partial charge in [0.2, 0.25) is 0 Å². The molecule has 0 bridgehead atoms. The number of ether oxygens (including phenoxy) is 2. The SMILES string of the molecule is Fc1ccc(Br)c(CNC2CCOC3(CCOCC3)C2)c1. The third kappa shape index (κ3) is 3.83. The molecule has 3 nitrogen and oxygen atoms in total. The molecular weight excluding hydrogens is 337 g/mol. The van der Waals surface area contributed by atoms with Gasteiger partial charge in [0, 0.05) is 36.9 Å². The first-order valence-electron chi connectivity index (χ1n) is 7.56. The van der Waals surface area contributed by atoms with Crippen molar-refractivity contribution in [2.24, 2.45) is 0 Å². The number of nitrogens with one attached hydrogen (secondary N) is 1. The number of benzene rings is 1. The number of hydrogen-bond donors (Lipinski definition) is 1. The third-order valence-electron chi connectivity index (χ3n) is 4.49. The summed E-state index contributed by atoms with van der Waals surface area (Å²) in [6, 6.07) is 5.24. The lowest BCUT2D eigenvalue weighted by molar-refractivity contribution is -0.140. The van der Waals surface area contributed by atoms with Crippen molar-refractivity contribution >= 4 is 15.9 Å². The number of halogens is 2. The summed E-state index contributed by atoms with van der Waals surface area (Å²) in [5.41, 5.74) is 0.954. The Bertz CT molecular complexity index is 486. The molecule has 5 heteroatoms. The first kappa shape index (κ1) is 15.4. The van der Waals surface area contributed by atoms with E-state index in [1.807, 2.05) is 0 Å². The summed E-state index contributed by atoms with van der Waals surface area (Å²) in [4.78, 5) is 0. The predicted molar refractivity (Wildman–Crippen MR) is 82.7 cm³/mol. The first-order valence-corrected chi connectivity index (χ1v) is 8.35. The summed E-state index contributed by atoms with van der Waals surface area (Å²) in [6.45, 7) is 3.06. The van der Waals surface area contributed by atoms with Gasteiger partial charge < -0.3 is 14.8 Å². The van der Waals surface area contributed by atoms with Gasteiger partial charge in [0.25, 0.3) is 0 Å². The van der Waals surface area contributed by atoms with Crippen molar-refractivity contribution in [2.75, 3.05) is 19.8 Å². The van der Waals surface area contributed by atoms with Crippen molar-refractivity contribution in [1.29, 1.82) is 0 Å². The van der Waals surface area contributed by atoms with Crippen LogP contribution in [0.15, 0.2) is 22.7 Å². The van der Waals surface area contributed by atoms with Crippen LogP contribution in [0.25, 0.3) is 0 Å². The van der Waals surface area contributed by atoms with Crippen molar-refractivity contribution in [3.8, 4) is 0 Å². The zero-order valence-electron chi connectivity index (χ0n) is 12.0. The highest BCUT2D eigenvalue weighted by Gasteiger charge is 2.38. The monoisotopic (exact) mass is 357 g/mol. The molecule has 1 atom stereocenters. The van der Waals surface area contributed by atoms with Crippen LogP contribution in [-0.4, -0.2) is 31.5 Å². The van der Waals surface area contributed by atoms with Gasteiger partial charge >= 0.3 is 0 Å². The normalized spacial score (nSPS) is 25.1. The molecule has 1 aromatic rings. The second-order valence-corrected chi connectivity index (χ2v) is 6.80. The number of rotatable bonds is 3. The van der Waals surface area contributed by atoms with E-state index in [1.54, 1.807) is 12.1 Å². The average molecular weight is 358 g/mol. The van der Waals surface area contributed by atoms with Crippen LogP contribution in [0.1, 0.15) is 31.2 Å². The van der Waals surface area contributed by atoms with E-state index in [4.69, 9.17) is 9.47 Å². The Morgan fingerprint density at radius 3 is 2.90 bits per heavy atom. The maximum absolute atomic E-state index is 13.3. The molecule has 0 amide bonds. The Hall–Kier alpha value is -0.490. The van der Waals surface area contributed by atoms with Gasteiger partial charge in [0.15, 0.2) is 0 Å². The fraction of sp³-hybridized carbons (Fsp3) is 0.625. The minimum absolute atomic E-state index is 0.00661. The van der Waals surface area contributed by atoms with Gasteiger partial charge in [-0.3, -0.25) is 0 Å². The Balaban J connectivity index is 1.58. The minimum Gasteiger partial charge on any atom is -0.381 e. The minimum atomic E-state index is -0.192. The summed E-state index contributed by atoms with van der Waals surface area (Å²) in [6.07, 6.45) is 3.99. The Labute approximate surface area is 133 Å². The Morgan fingerprint density at radius 2 is 2.10 bits per heavy atom. The van der Waals surface area contributed by atoms with Gasteiger partial charge in [-0.25, -0.2) is 4.39 Å². The summed E-state index contributed by atoms with van der Waals surface area (Å²) in [5, 5.41) is 3.56. The van der Waals surface area contributed by atoms with Gasteiger partial charge in [-0.15, -0.1) is 0 Å². The molecule has 116 valence electrons. The van der Waals surface area contributed by atoms with Gasteiger partial charge in [0.05, 0.1) is 5.60 Å². The van der Waals surface area contributed by atoms with Gasteiger partial charge in [-0.05, 0) is 49.4 Å². The molecule has 1 spiro atoms. The molecule has 3 rings (SSSR count). The van der Waals surface area contributed by atoms with E-state index in [0.717, 1.165) is 55.5 Å². The molecule has 0 saturated carbocycles. The van der Waals surface area contributed by atoms with Gasteiger partial charge in [-0.2, -0.15) is 0 Å². The highest BCUT2D eigenvalue weighted by Crippen LogP contribution is 2.34. The second-order valence-electron chi connectivity index (χ2n) is 5.95. The fourth-order valence-electron chi connectivity index (χ4n) is 3.23. The molecule has 1 N–H and O–H groups in total. The van der Waals surface area contributed by atoms with E-state index in [9.17, 15) is 4.39 Å². The zero-order valence-corrected chi connectivity index (χ0v) is 13.6. The van der Waals surface area contributed by atoms with Crippen LogP contribution in [0.4, 0.5) is 4.39 Å². The van der Waals surface area contributed by atoms with E-state index in [-0.39, 0.29) is 11.4 Å². The standard InChI is InChI=1S/C16H21BrFNO2/c17-15-2-1-13(18)9-12(15)11-19-14-3-6-21-16(10-14)4-7-20-8-5-16/h1-2,9,14,19H,3-8,10-11H2. The smallest absolute Gasteiger partial charge is 0.123 e. The van der Waals surface area contributed by atoms with Crippen molar-refractivity contribution < 1.29 is 13.9 Å². The topological polar surface area (TPSA) is 30.5 Å². The Morgan fingerprint density at radius 1 is 1.29 bits per heavy atom. The van der Waals surface area contributed by atoms with E-state index < -0.39 is 0 Å². The lowest BCUT2D eigenvalue weighted by Crippen LogP contribution is -2.49. The maximum atomic E-state index is 13.3. The van der Waals surface area contributed by atoms with Crippen molar-refractivity contribution in [3.05, 3.63) is 34.1 Å². The van der Waals surface area contributed by atoms with Gasteiger partial charge in [0.1, 0.15) is 5.82 Å². The van der Waals surface area contributed by atoms with Crippen molar-refractivity contribution in [3.63, 3.8) is 0 Å². The molecule has 0 aliphatic carbocycles. The molecule has 21 heavy (non-hydrogen) atoms. The van der Waals surface area contributed by atoms with Gasteiger partial charge in [-0.1, -0.05) is 15.9 Å². The van der Waals surface area contributed by atoms with Crippen LogP contribution in [0.2, 0.25) is 0 Å². The summed E-state index contributed by atoms with van der Waals surface area (Å²) in [5.74, 6) is -0.192. The average Bonchev–Trinajstić information content (AvgIpc) is 2.49. The van der Waals surface area contributed by atoms with Crippen LogP contribution < -0.4 is 5.32 Å². The summed E-state index contributed by atoms with van der Waals surface area (Å²) >= 11 is 3.48. The van der Waals surface area contributed by atoms with E-state index >= 15 is 0 Å². The molecule has 1 unspecified atom stereocenters. The summed E-state index contributed by atoms with van der Waals surface area (Å²) in [7, 11) is 0. The predicted octanol–water partition coefficient (Wildman–Crippen LogP) is 3.41. The van der Waals surface area contributed by atoms with Crippen LogP contribution in [-0.2, 0) is 16.0 Å². The zero-order chi connectivity index (χ0) is 14.7. The maximum Gasteiger partial charge on any atom is 0.123 e. The van der Waals surface area contributed by atoms with Crippen LogP contribution >= 0.6 is 15.9 Å². The Kier molecular flexibility index (Phi) is 4.94. The molecular formula is C16H21BrFNO2. The molecule has 2 saturated heterocycles. The van der Waals surface area contributed by atoms with Crippen LogP contribution in [0.3, 0.4) is 0 Å². The fourth-order valence-corrected chi connectivity index (χ4v) is 3.61. The van der Waals surface area contributed by atoms with Crippen LogP contribution in [0.5, 0.6) is 0 Å². The van der Waals surface area contributed by atoms with E-state index in [1.165, 1.54) is 6.07 Å². The highest BCUT2D eigenvalue weighted by molar-refractivity contribution is 9.10. The second kappa shape index (κ2) is 6.73. The lowest BCUT2D eigenvalue weighted by Gasteiger charge is -2.43. The molecule has 2 aliphatic heterocycles. The quantitative estimate of drug-likeness (QED) is 0.898. The van der Waals surface area contributed by atoms with Crippen LogP contribution in [0, 0.1) is 5.82 Å². The number of hydrogen-bond acceptors (Lipinski definition) is 3. The molecule has 2 fully saturated rings. The molecule has 2 heterocycles. The lowest BCUT2D eigenvalue weighted by atomic mass is 9.84. The largest absolute Gasteiger partial charge is 0.381 e. The summed E-state index contributed by atoms with van der Waals surface area (Å²) < 4.78 is 25.7. The highest BCUT2D eigenvalue weighted by atomic mass is 79.9. The molecule has 0 radical (unpaired) electrons. The third-order valence-corrected chi connectivity index (χ3v) is 5.26.